The first-order chi connectivity index (χ1) is 10.2. The van der Waals surface area contributed by atoms with Gasteiger partial charge in [-0.2, -0.15) is 4.98 Å². The molecule has 0 bridgehead atoms. The number of nitrogens with zero attached hydrogens (tertiary/aromatic N) is 3. The van der Waals surface area contributed by atoms with Gasteiger partial charge in [-0.1, -0.05) is 5.16 Å². The summed E-state index contributed by atoms with van der Waals surface area (Å²) in [6, 6.07) is 6.55. The molecule has 1 fully saturated rings. The molecule has 2 aromatic heterocycles. The molecule has 0 radical (unpaired) electrons. The molecule has 3 heterocycles. The number of rotatable bonds is 2. The Balaban J connectivity index is 1.77. The number of benzene rings is 1. The molecule has 5 nitrogen and oxygen atoms in total. The Morgan fingerprint density at radius 3 is 3.05 bits per heavy atom. The first-order valence-electron chi connectivity index (χ1n) is 6.89. The molecule has 1 aliphatic rings. The van der Waals surface area contributed by atoms with Gasteiger partial charge in [0.15, 0.2) is 5.82 Å². The monoisotopic (exact) mass is 287 g/mol. The lowest BCUT2D eigenvalue weighted by atomic mass is 10.1. The summed E-state index contributed by atoms with van der Waals surface area (Å²) < 4.78 is 26.0. The molecule has 1 unspecified atom stereocenters. The predicted octanol–water partition coefficient (Wildman–Crippen LogP) is 2.87. The second-order valence-electron chi connectivity index (χ2n) is 5.31. The number of hydrogen-bond donors (Lipinski definition) is 0. The van der Waals surface area contributed by atoms with Crippen LogP contribution in [0.15, 0.2) is 28.8 Å². The molecule has 108 valence electrons. The third-order valence-electron chi connectivity index (χ3n) is 3.96. The zero-order valence-corrected chi connectivity index (χ0v) is 11.5. The maximum absolute atomic E-state index is 13.3. The Hall–Kier alpha value is -2.21. The van der Waals surface area contributed by atoms with Gasteiger partial charge in [0.2, 0.25) is 0 Å². The molecule has 0 aliphatic carbocycles. The fourth-order valence-corrected chi connectivity index (χ4v) is 2.77. The normalized spacial score (nSPS) is 18.7. The second kappa shape index (κ2) is 4.66. The van der Waals surface area contributed by atoms with Crippen LogP contribution in [-0.4, -0.2) is 27.9 Å². The van der Waals surface area contributed by atoms with E-state index in [-0.39, 0.29) is 11.7 Å². The molecule has 0 N–H and O–H groups in total. The van der Waals surface area contributed by atoms with Crippen LogP contribution in [0.1, 0.15) is 18.2 Å². The van der Waals surface area contributed by atoms with E-state index in [9.17, 15) is 4.39 Å². The van der Waals surface area contributed by atoms with Crippen LogP contribution in [0.5, 0.6) is 0 Å². The molecule has 0 amide bonds. The van der Waals surface area contributed by atoms with Gasteiger partial charge in [0, 0.05) is 30.5 Å². The fourth-order valence-electron chi connectivity index (χ4n) is 2.77. The van der Waals surface area contributed by atoms with E-state index in [1.54, 1.807) is 6.07 Å². The van der Waals surface area contributed by atoms with Crippen LogP contribution in [0.25, 0.3) is 22.5 Å². The SMILES string of the molecule is Cn1c(-c2nc(C3CCOC3)no2)cc2cc(F)ccc21. The lowest BCUT2D eigenvalue weighted by molar-refractivity contribution is 0.192. The average molecular weight is 287 g/mol. The predicted molar refractivity (Wildman–Crippen MR) is 74.3 cm³/mol. The van der Waals surface area contributed by atoms with Gasteiger partial charge < -0.3 is 13.8 Å². The Bertz CT molecular complexity index is 802. The van der Waals surface area contributed by atoms with Crippen molar-refractivity contribution in [2.45, 2.75) is 12.3 Å². The van der Waals surface area contributed by atoms with Crippen molar-refractivity contribution in [3.63, 3.8) is 0 Å². The van der Waals surface area contributed by atoms with Crippen molar-refractivity contribution in [3.8, 4) is 11.6 Å². The third kappa shape index (κ3) is 2.03. The van der Waals surface area contributed by atoms with Gasteiger partial charge in [0.05, 0.1) is 6.61 Å². The fraction of sp³-hybridized carbons (Fsp3) is 0.333. The summed E-state index contributed by atoms with van der Waals surface area (Å²) in [6.45, 7) is 1.38. The molecule has 21 heavy (non-hydrogen) atoms. The van der Waals surface area contributed by atoms with E-state index >= 15 is 0 Å². The third-order valence-corrected chi connectivity index (χ3v) is 3.96. The minimum atomic E-state index is -0.256. The standard InChI is InChI=1S/C15H14FN3O2/c1-19-12-3-2-11(16)6-10(12)7-13(19)15-17-14(18-21-15)9-4-5-20-8-9/h2-3,6-7,9H,4-5,8H2,1H3. The van der Waals surface area contributed by atoms with Gasteiger partial charge in [0.25, 0.3) is 5.89 Å². The van der Waals surface area contributed by atoms with Crippen LogP contribution in [0.4, 0.5) is 4.39 Å². The smallest absolute Gasteiger partial charge is 0.274 e. The highest BCUT2D eigenvalue weighted by atomic mass is 19.1. The molecule has 1 saturated heterocycles. The van der Waals surface area contributed by atoms with Crippen molar-refractivity contribution >= 4 is 10.9 Å². The van der Waals surface area contributed by atoms with E-state index in [1.807, 2.05) is 17.7 Å². The molecular weight excluding hydrogens is 273 g/mol. The van der Waals surface area contributed by atoms with E-state index in [1.165, 1.54) is 12.1 Å². The van der Waals surface area contributed by atoms with Gasteiger partial charge in [-0.3, -0.25) is 0 Å². The van der Waals surface area contributed by atoms with E-state index in [0.29, 0.717) is 18.3 Å². The van der Waals surface area contributed by atoms with Crippen LogP contribution in [0.3, 0.4) is 0 Å². The van der Waals surface area contributed by atoms with E-state index in [2.05, 4.69) is 10.1 Å². The maximum Gasteiger partial charge on any atom is 0.274 e. The Morgan fingerprint density at radius 1 is 1.33 bits per heavy atom. The number of hydrogen-bond acceptors (Lipinski definition) is 4. The second-order valence-corrected chi connectivity index (χ2v) is 5.31. The molecule has 0 saturated carbocycles. The van der Waals surface area contributed by atoms with Gasteiger partial charge in [-0.15, -0.1) is 0 Å². The Morgan fingerprint density at radius 2 is 2.24 bits per heavy atom. The Kier molecular flexibility index (Phi) is 2.78. The highest BCUT2D eigenvalue weighted by Gasteiger charge is 2.24. The summed E-state index contributed by atoms with van der Waals surface area (Å²) in [6.07, 6.45) is 0.916. The van der Waals surface area contributed by atoms with Crippen molar-refractivity contribution in [2.75, 3.05) is 13.2 Å². The number of aryl methyl sites for hydroxylation is 1. The molecule has 1 aliphatic heterocycles. The van der Waals surface area contributed by atoms with Gasteiger partial charge in [-0.05, 0) is 30.7 Å². The number of halogens is 1. The summed E-state index contributed by atoms with van der Waals surface area (Å²) >= 11 is 0. The zero-order chi connectivity index (χ0) is 14.4. The topological polar surface area (TPSA) is 53.1 Å². The Labute approximate surface area is 120 Å². The quantitative estimate of drug-likeness (QED) is 0.727. The molecule has 4 rings (SSSR count). The van der Waals surface area contributed by atoms with E-state index < -0.39 is 0 Å². The lowest BCUT2D eigenvalue weighted by Gasteiger charge is -1.99. The number of aromatic nitrogens is 3. The van der Waals surface area contributed by atoms with Crippen LogP contribution in [0.2, 0.25) is 0 Å². The first-order valence-corrected chi connectivity index (χ1v) is 6.89. The summed E-state index contributed by atoms with van der Waals surface area (Å²) in [4.78, 5) is 4.47. The van der Waals surface area contributed by atoms with Crippen molar-refractivity contribution in [3.05, 3.63) is 35.9 Å². The first kappa shape index (κ1) is 12.5. The molecule has 6 heteroatoms. The largest absolute Gasteiger partial charge is 0.381 e. The lowest BCUT2D eigenvalue weighted by Crippen LogP contribution is -2.00. The van der Waals surface area contributed by atoms with Crippen LogP contribution in [-0.2, 0) is 11.8 Å². The summed E-state index contributed by atoms with van der Waals surface area (Å²) in [5.74, 6) is 1.08. The summed E-state index contributed by atoms with van der Waals surface area (Å²) in [5.41, 5.74) is 1.71. The summed E-state index contributed by atoms with van der Waals surface area (Å²) in [7, 11) is 1.90. The van der Waals surface area contributed by atoms with Crippen LogP contribution < -0.4 is 0 Å². The van der Waals surface area contributed by atoms with E-state index in [4.69, 9.17) is 9.26 Å². The van der Waals surface area contributed by atoms with Crippen molar-refractivity contribution < 1.29 is 13.7 Å². The van der Waals surface area contributed by atoms with Crippen LogP contribution in [0, 0.1) is 5.82 Å². The van der Waals surface area contributed by atoms with Crippen molar-refractivity contribution in [1.82, 2.24) is 14.7 Å². The highest BCUT2D eigenvalue weighted by Crippen LogP contribution is 2.29. The van der Waals surface area contributed by atoms with Gasteiger partial charge in [0.1, 0.15) is 11.5 Å². The highest BCUT2D eigenvalue weighted by molar-refractivity contribution is 5.85. The van der Waals surface area contributed by atoms with Crippen molar-refractivity contribution in [1.29, 1.82) is 0 Å². The molecule has 1 atom stereocenters. The number of fused-ring (bicyclic) bond motifs is 1. The molecular formula is C15H14FN3O2. The molecule has 1 aromatic carbocycles. The summed E-state index contributed by atoms with van der Waals surface area (Å²) in [5, 5.41) is 4.87. The maximum atomic E-state index is 13.3. The average Bonchev–Trinajstić information content (AvgIpc) is 3.17. The minimum absolute atomic E-state index is 0.203. The molecule has 0 spiro atoms. The van der Waals surface area contributed by atoms with Gasteiger partial charge >= 0.3 is 0 Å². The van der Waals surface area contributed by atoms with E-state index in [0.717, 1.165) is 29.6 Å². The van der Waals surface area contributed by atoms with Gasteiger partial charge in [-0.25, -0.2) is 4.39 Å². The van der Waals surface area contributed by atoms with Crippen molar-refractivity contribution in [2.24, 2.45) is 7.05 Å². The zero-order valence-electron chi connectivity index (χ0n) is 11.5. The molecule has 3 aromatic rings. The minimum Gasteiger partial charge on any atom is -0.381 e. The van der Waals surface area contributed by atoms with Crippen LogP contribution >= 0.6 is 0 Å². The number of ether oxygens (including phenoxy) is 1.